The van der Waals surface area contributed by atoms with Crippen LogP contribution in [0.2, 0.25) is 0 Å². The van der Waals surface area contributed by atoms with E-state index in [0.29, 0.717) is 12.0 Å². The summed E-state index contributed by atoms with van der Waals surface area (Å²) >= 11 is 0. The molecule has 0 bridgehead atoms. The minimum atomic E-state index is 0. The predicted octanol–water partition coefficient (Wildman–Crippen LogP) is 3.04. The van der Waals surface area contributed by atoms with Crippen molar-refractivity contribution < 1.29 is 0 Å². The van der Waals surface area contributed by atoms with Crippen LogP contribution in [0.4, 0.5) is 0 Å². The second kappa shape index (κ2) is 10.1. The average molecular weight is 430 g/mol. The van der Waals surface area contributed by atoms with Gasteiger partial charge in [0, 0.05) is 19.6 Å². The molecule has 130 valence electrons. The van der Waals surface area contributed by atoms with Crippen LogP contribution >= 0.6 is 24.0 Å². The minimum absolute atomic E-state index is 0. The quantitative estimate of drug-likeness (QED) is 0.682. The molecule has 0 saturated heterocycles. The van der Waals surface area contributed by atoms with Crippen molar-refractivity contribution in [1.29, 1.82) is 0 Å². The first-order chi connectivity index (χ1) is 10.6. The lowest BCUT2D eigenvalue weighted by molar-refractivity contribution is 0.298. The van der Waals surface area contributed by atoms with Crippen molar-refractivity contribution in [3.05, 3.63) is 35.4 Å². The van der Waals surface area contributed by atoms with Gasteiger partial charge in [-0.25, -0.2) is 0 Å². The van der Waals surface area contributed by atoms with E-state index >= 15 is 0 Å². The summed E-state index contributed by atoms with van der Waals surface area (Å²) in [6.45, 7) is 7.33. The first-order valence-corrected chi connectivity index (χ1v) is 8.33. The SMILES string of the molecule is CC(C)Cc1ccc(C(CNC2=NCCCN2)N(C)C)cc1.I. The topological polar surface area (TPSA) is 39.7 Å². The Bertz CT molecular complexity index is 482. The zero-order chi connectivity index (χ0) is 15.9. The van der Waals surface area contributed by atoms with Crippen LogP contribution in [0, 0.1) is 5.92 Å². The molecule has 23 heavy (non-hydrogen) atoms. The van der Waals surface area contributed by atoms with Crippen molar-refractivity contribution in [2.24, 2.45) is 10.9 Å². The number of likely N-dealkylation sites (N-methyl/N-ethyl adjacent to an activating group) is 1. The molecule has 0 aromatic heterocycles. The molecule has 1 atom stereocenters. The molecule has 0 aliphatic carbocycles. The van der Waals surface area contributed by atoms with E-state index in [9.17, 15) is 0 Å². The highest BCUT2D eigenvalue weighted by atomic mass is 127. The molecule has 2 rings (SSSR count). The largest absolute Gasteiger partial charge is 0.356 e. The van der Waals surface area contributed by atoms with E-state index in [0.717, 1.165) is 38.4 Å². The lowest BCUT2D eigenvalue weighted by Crippen LogP contribution is -2.44. The summed E-state index contributed by atoms with van der Waals surface area (Å²) in [6.07, 6.45) is 2.27. The number of halogens is 1. The van der Waals surface area contributed by atoms with Crippen molar-refractivity contribution in [3.63, 3.8) is 0 Å². The maximum atomic E-state index is 4.48. The Hall–Kier alpha value is -0.820. The summed E-state index contributed by atoms with van der Waals surface area (Å²) in [5.74, 6) is 1.64. The van der Waals surface area contributed by atoms with E-state index < -0.39 is 0 Å². The van der Waals surface area contributed by atoms with Crippen molar-refractivity contribution in [2.45, 2.75) is 32.7 Å². The number of hydrogen-bond acceptors (Lipinski definition) is 4. The van der Waals surface area contributed by atoms with Crippen molar-refractivity contribution >= 4 is 29.9 Å². The van der Waals surface area contributed by atoms with Gasteiger partial charge in [-0.1, -0.05) is 38.1 Å². The molecule has 1 heterocycles. The zero-order valence-electron chi connectivity index (χ0n) is 14.8. The van der Waals surface area contributed by atoms with Gasteiger partial charge in [0.25, 0.3) is 0 Å². The van der Waals surface area contributed by atoms with Crippen LogP contribution in [0.3, 0.4) is 0 Å². The highest BCUT2D eigenvalue weighted by Gasteiger charge is 2.15. The van der Waals surface area contributed by atoms with Gasteiger partial charge in [0.05, 0.1) is 6.04 Å². The standard InChI is InChI=1S/C18H30N4.HI/c1-14(2)12-15-6-8-16(9-7-15)17(22(3)4)13-21-18-19-10-5-11-20-18;/h6-9,14,17H,5,10-13H2,1-4H3,(H2,19,20,21);1H. The van der Waals surface area contributed by atoms with Crippen LogP contribution < -0.4 is 10.6 Å². The van der Waals surface area contributed by atoms with Gasteiger partial charge in [0.15, 0.2) is 5.96 Å². The summed E-state index contributed by atoms with van der Waals surface area (Å²) in [4.78, 5) is 6.73. The molecule has 2 N–H and O–H groups in total. The normalized spacial score (nSPS) is 15.7. The van der Waals surface area contributed by atoms with Gasteiger partial charge in [-0.15, -0.1) is 24.0 Å². The average Bonchev–Trinajstić information content (AvgIpc) is 2.49. The molecule has 1 aromatic carbocycles. The van der Waals surface area contributed by atoms with E-state index in [1.165, 1.54) is 11.1 Å². The lowest BCUT2D eigenvalue weighted by Gasteiger charge is -2.27. The van der Waals surface area contributed by atoms with Gasteiger partial charge in [0.1, 0.15) is 0 Å². The third-order valence-corrected chi connectivity index (χ3v) is 3.99. The molecule has 1 aliphatic heterocycles. The van der Waals surface area contributed by atoms with Crippen molar-refractivity contribution in [3.8, 4) is 0 Å². The second-order valence-electron chi connectivity index (χ2n) is 6.71. The van der Waals surface area contributed by atoms with Gasteiger partial charge in [0.2, 0.25) is 0 Å². The predicted molar refractivity (Wildman–Crippen MR) is 110 cm³/mol. The number of rotatable bonds is 6. The Labute approximate surface area is 158 Å². The van der Waals surface area contributed by atoms with Gasteiger partial charge in [-0.05, 0) is 44.0 Å². The van der Waals surface area contributed by atoms with E-state index in [1.54, 1.807) is 0 Å². The van der Waals surface area contributed by atoms with E-state index in [-0.39, 0.29) is 24.0 Å². The fraction of sp³-hybridized carbons (Fsp3) is 0.611. The van der Waals surface area contributed by atoms with Gasteiger partial charge in [-0.3, -0.25) is 4.99 Å². The molecule has 1 aromatic rings. The maximum absolute atomic E-state index is 4.48. The van der Waals surface area contributed by atoms with E-state index in [4.69, 9.17) is 0 Å². The molecule has 1 unspecified atom stereocenters. The molecular weight excluding hydrogens is 399 g/mol. The number of aliphatic imine (C=N–C) groups is 1. The van der Waals surface area contributed by atoms with Crippen LogP contribution in [0.25, 0.3) is 0 Å². The third-order valence-electron chi connectivity index (χ3n) is 3.99. The van der Waals surface area contributed by atoms with Crippen LogP contribution in [-0.4, -0.2) is 44.6 Å². The summed E-state index contributed by atoms with van der Waals surface area (Å²) < 4.78 is 0. The Balaban J connectivity index is 0.00000264. The molecule has 0 saturated carbocycles. The fourth-order valence-electron chi connectivity index (χ4n) is 2.79. The van der Waals surface area contributed by atoms with Crippen LogP contribution in [0.1, 0.15) is 37.4 Å². The Morgan fingerprint density at radius 1 is 1.22 bits per heavy atom. The molecule has 4 nitrogen and oxygen atoms in total. The fourth-order valence-corrected chi connectivity index (χ4v) is 2.79. The van der Waals surface area contributed by atoms with Crippen LogP contribution in [0.15, 0.2) is 29.3 Å². The maximum Gasteiger partial charge on any atom is 0.191 e. The highest BCUT2D eigenvalue weighted by molar-refractivity contribution is 14.0. The molecule has 0 spiro atoms. The summed E-state index contributed by atoms with van der Waals surface area (Å²) in [6, 6.07) is 9.41. The third kappa shape index (κ3) is 6.67. The number of benzene rings is 1. The molecule has 5 heteroatoms. The lowest BCUT2D eigenvalue weighted by atomic mass is 9.99. The number of nitrogens with zero attached hydrogens (tertiary/aromatic N) is 2. The van der Waals surface area contributed by atoms with Crippen LogP contribution in [0.5, 0.6) is 0 Å². The number of hydrogen-bond donors (Lipinski definition) is 2. The second-order valence-corrected chi connectivity index (χ2v) is 6.71. The van der Waals surface area contributed by atoms with E-state index in [2.05, 4.69) is 72.7 Å². The molecule has 0 fully saturated rings. The highest BCUT2D eigenvalue weighted by Crippen LogP contribution is 2.19. The van der Waals surface area contributed by atoms with Crippen molar-refractivity contribution in [2.75, 3.05) is 33.7 Å². The van der Waals surface area contributed by atoms with Gasteiger partial charge in [-0.2, -0.15) is 0 Å². The Morgan fingerprint density at radius 2 is 1.91 bits per heavy atom. The van der Waals surface area contributed by atoms with Gasteiger partial charge < -0.3 is 15.5 Å². The molecule has 0 radical (unpaired) electrons. The van der Waals surface area contributed by atoms with E-state index in [1.807, 2.05) is 0 Å². The first kappa shape index (κ1) is 20.2. The van der Waals surface area contributed by atoms with Crippen LogP contribution in [-0.2, 0) is 6.42 Å². The first-order valence-electron chi connectivity index (χ1n) is 8.33. The smallest absolute Gasteiger partial charge is 0.191 e. The minimum Gasteiger partial charge on any atom is -0.356 e. The molecule has 0 amide bonds. The zero-order valence-corrected chi connectivity index (χ0v) is 17.1. The molecular formula is C18H31IN4. The van der Waals surface area contributed by atoms with Crippen molar-refractivity contribution in [1.82, 2.24) is 15.5 Å². The Morgan fingerprint density at radius 3 is 2.43 bits per heavy atom. The number of guanidine groups is 1. The monoisotopic (exact) mass is 430 g/mol. The summed E-state index contributed by atoms with van der Waals surface area (Å²) in [5, 5.41) is 6.76. The van der Waals surface area contributed by atoms with Gasteiger partial charge >= 0.3 is 0 Å². The number of nitrogens with one attached hydrogen (secondary N) is 2. The Kier molecular flexibility index (Phi) is 8.91. The summed E-state index contributed by atoms with van der Waals surface area (Å²) in [7, 11) is 4.26. The molecule has 1 aliphatic rings. The summed E-state index contributed by atoms with van der Waals surface area (Å²) in [5.41, 5.74) is 2.77.